The van der Waals surface area contributed by atoms with Crippen molar-refractivity contribution in [3.8, 4) is 0 Å². The van der Waals surface area contributed by atoms with Crippen LogP contribution in [0.15, 0.2) is 18.2 Å². The molecule has 0 bridgehead atoms. The molecule has 6 heteroatoms. The number of benzene rings is 1. The van der Waals surface area contributed by atoms with Gasteiger partial charge in [0.2, 0.25) is 5.91 Å². The number of anilines is 1. The van der Waals surface area contributed by atoms with E-state index in [1.165, 1.54) is 17.0 Å². The standard InChI is InChI=1S/C13H15ClFNO3/c1-9-4-10(15)2-3-12(9)16(13(17)5-14)6-11-7-18-8-19-11/h2-4,11H,5-8H2,1H3. The van der Waals surface area contributed by atoms with Gasteiger partial charge in [-0.1, -0.05) is 0 Å². The van der Waals surface area contributed by atoms with Crippen LogP contribution in [0.2, 0.25) is 0 Å². The van der Waals surface area contributed by atoms with Gasteiger partial charge in [-0.05, 0) is 30.7 Å². The number of nitrogens with zero attached hydrogens (tertiary/aromatic N) is 1. The van der Waals surface area contributed by atoms with Crippen LogP contribution >= 0.6 is 11.6 Å². The molecule has 0 N–H and O–H groups in total. The smallest absolute Gasteiger partial charge is 0.242 e. The van der Waals surface area contributed by atoms with Crippen LogP contribution in [0.5, 0.6) is 0 Å². The van der Waals surface area contributed by atoms with Crippen LogP contribution in [0.4, 0.5) is 10.1 Å². The molecule has 1 aromatic carbocycles. The summed E-state index contributed by atoms with van der Waals surface area (Å²) in [5, 5.41) is 0. The molecule has 1 fully saturated rings. The molecule has 1 saturated heterocycles. The number of carbonyl (C=O) groups excluding carboxylic acids is 1. The first-order chi connectivity index (χ1) is 9.11. The van der Waals surface area contributed by atoms with Crippen molar-refractivity contribution in [3.63, 3.8) is 0 Å². The first-order valence-electron chi connectivity index (χ1n) is 5.93. The molecule has 0 radical (unpaired) electrons. The summed E-state index contributed by atoms with van der Waals surface area (Å²) in [6, 6.07) is 4.28. The second kappa shape index (κ2) is 6.32. The van der Waals surface area contributed by atoms with Gasteiger partial charge in [0, 0.05) is 5.69 Å². The summed E-state index contributed by atoms with van der Waals surface area (Å²) in [5.74, 6) is -0.712. The van der Waals surface area contributed by atoms with E-state index in [4.69, 9.17) is 21.1 Å². The van der Waals surface area contributed by atoms with Gasteiger partial charge in [0.15, 0.2) is 0 Å². The van der Waals surface area contributed by atoms with E-state index >= 15 is 0 Å². The van der Waals surface area contributed by atoms with Crippen molar-refractivity contribution in [1.29, 1.82) is 0 Å². The molecule has 0 aliphatic carbocycles. The molecule has 1 unspecified atom stereocenters. The Morgan fingerprint density at radius 3 is 2.95 bits per heavy atom. The van der Waals surface area contributed by atoms with Crippen molar-refractivity contribution in [2.24, 2.45) is 0 Å². The Bertz CT molecular complexity index is 463. The van der Waals surface area contributed by atoms with Crippen molar-refractivity contribution >= 4 is 23.2 Å². The summed E-state index contributed by atoms with van der Waals surface area (Å²) in [4.78, 5) is 13.5. The van der Waals surface area contributed by atoms with Crippen LogP contribution in [0.1, 0.15) is 5.56 Å². The first-order valence-corrected chi connectivity index (χ1v) is 6.47. The maximum absolute atomic E-state index is 13.1. The highest BCUT2D eigenvalue weighted by Gasteiger charge is 2.24. The monoisotopic (exact) mass is 287 g/mol. The normalized spacial score (nSPS) is 18.6. The van der Waals surface area contributed by atoms with Gasteiger partial charge < -0.3 is 14.4 Å². The predicted octanol–water partition coefficient (Wildman–Crippen LogP) is 2.08. The fourth-order valence-electron chi connectivity index (χ4n) is 2.01. The van der Waals surface area contributed by atoms with Crippen molar-refractivity contribution in [1.82, 2.24) is 0 Å². The van der Waals surface area contributed by atoms with Crippen molar-refractivity contribution in [2.45, 2.75) is 13.0 Å². The number of amides is 1. The molecule has 104 valence electrons. The Balaban J connectivity index is 2.23. The Labute approximate surface area is 116 Å². The number of halogens is 2. The lowest BCUT2D eigenvalue weighted by molar-refractivity contribution is -0.116. The van der Waals surface area contributed by atoms with Crippen LogP contribution in [0.3, 0.4) is 0 Å². The number of ether oxygens (including phenoxy) is 2. The maximum atomic E-state index is 13.1. The molecule has 1 aliphatic heterocycles. The highest BCUT2D eigenvalue weighted by Crippen LogP contribution is 2.22. The molecule has 1 aromatic rings. The van der Waals surface area contributed by atoms with Gasteiger partial charge in [-0.15, -0.1) is 11.6 Å². The van der Waals surface area contributed by atoms with Crippen LogP contribution in [0.25, 0.3) is 0 Å². The topological polar surface area (TPSA) is 38.8 Å². The molecule has 0 saturated carbocycles. The van der Waals surface area contributed by atoms with E-state index in [-0.39, 0.29) is 30.5 Å². The molecule has 1 amide bonds. The van der Waals surface area contributed by atoms with E-state index in [2.05, 4.69) is 0 Å². The van der Waals surface area contributed by atoms with E-state index < -0.39 is 0 Å². The minimum Gasteiger partial charge on any atom is -0.353 e. The lowest BCUT2D eigenvalue weighted by atomic mass is 10.1. The molecule has 1 atom stereocenters. The van der Waals surface area contributed by atoms with E-state index in [1.54, 1.807) is 13.0 Å². The summed E-state index contributed by atoms with van der Waals surface area (Å²) in [7, 11) is 0. The number of carbonyl (C=O) groups is 1. The molecule has 19 heavy (non-hydrogen) atoms. The highest BCUT2D eigenvalue weighted by atomic mass is 35.5. The first kappa shape index (κ1) is 14.2. The lowest BCUT2D eigenvalue weighted by Crippen LogP contribution is -2.39. The minimum absolute atomic E-state index is 0.135. The molecule has 1 heterocycles. The van der Waals surface area contributed by atoms with Crippen molar-refractivity contribution < 1.29 is 18.7 Å². The van der Waals surface area contributed by atoms with Crippen LogP contribution < -0.4 is 4.90 Å². The van der Waals surface area contributed by atoms with Crippen LogP contribution in [-0.4, -0.2) is 37.8 Å². The summed E-state index contributed by atoms with van der Waals surface area (Å²) >= 11 is 5.63. The second-order valence-electron chi connectivity index (χ2n) is 4.35. The quantitative estimate of drug-likeness (QED) is 0.796. The van der Waals surface area contributed by atoms with Gasteiger partial charge in [-0.2, -0.15) is 0 Å². The zero-order valence-corrected chi connectivity index (χ0v) is 11.3. The van der Waals surface area contributed by atoms with Crippen LogP contribution in [-0.2, 0) is 14.3 Å². The van der Waals surface area contributed by atoms with Gasteiger partial charge in [-0.25, -0.2) is 4.39 Å². The van der Waals surface area contributed by atoms with Gasteiger partial charge >= 0.3 is 0 Å². The molecule has 0 aromatic heterocycles. The zero-order valence-electron chi connectivity index (χ0n) is 10.6. The zero-order chi connectivity index (χ0) is 13.8. The van der Waals surface area contributed by atoms with Gasteiger partial charge in [0.05, 0.1) is 13.2 Å². The number of hydrogen-bond acceptors (Lipinski definition) is 3. The Hall–Kier alpha value is -1.17. The van der Waals surface area contributed by atoms with Gasteiger partial charge in [0.25, 0.3) is 0 Å². The number of alkyl halides is 1. The maximum Gasteiger partial charge on any atom is 0.242 e. The molecule has 0 spiro atoms. The summed E-state index contributed by atoms with van der Waals surface area (Å²) in [6.45, 7) is 2.76. The minimum atomic E-state index is -0.333. The number of hydrogen-bond donors (Lipinski definition) is 0. The average Bonchev–Trinajstić information content (AvgIpc) is 2.89. The van der Waals surface area contributed by atoms with E-state index in [9.17, 15) is 9.18 Å². The van der Waals surface area contributed by atoms with E-state index in [1.807, 2.05) is 0 Å². The Morgan fingerprint density at radius 2 is 2.37 bits per heavy atom. The van der Waals surface area contributed by atoms with E-state index in [0.717, 1.165) is 0 Å². The number of rotatable bonds is 4. The molecular weight excluding hydrogens is 273 g/mol. The third-order valence-electron chi connectivity index (χ3n) is 2.94. The highest BCUT2D eigenvalue weighted by molar-refractivity contribution is 6.29. The largest absolute Gasteiger partial charge is 0.353 e. The van der Waals surface area contributed by atoms with Gasteiger partial charge in [-0.3, -0.25) is 4.79 Å². The average molecular weight is 288 g/mol. The summed E-state index contributed by atoms with van der Waals surface area (Å²) in [5.41, 5.74) is 1.32. The van der Waals surface area contributed by atoms with Crippen LogP contribution in [0, 0.1) is 12.7 Å². The lowest BCUT2D eigenvalue weighted by Gasteiger charge is -2.25. The SMILES string of the molecule is Cc1cc(F)ccc1N(CC1COCO1)C(=O)CCl. The fraction of sp³-hybridized carbons (Fsp3) is 0.462. The van der Waals surface area contributed by atoms with Crippen molar-refractivity contribution in [3.05, 3.63) is 29.6 Å². The van der Waals surface area contributed by atoms with E-state index in [0.29, 0.717) is 24.4 Å². The second-order valence-corrected chi connectivity index (χ2v) is 4.61. The Morgan fingerprint density at radius 1 is 1.58 bits per heavy atom. The predicted molar refractivity (Wildman–Crippen MR) is 69.9 cm³/mol. The molecule has 4 nitrogen and oxygen atoms in total. The number of aryl methyl sites for hydroxylation is 1. The van der Waals surface area contributed by atoms with Gasteiger partial charge in [0.1, 0.15) is 24.6 Å². The summed E-state index contributed by atoms with van der Waals surface area (Å²) < 4.78 is 23.6. The molecule has 2 rings (SSSR count). The fourth-order valence-corrected chi connectivity index (χ4v) is 2.15. The third kappa shape index (κ3) is 3.43. The third-order valence-corrected chi connectivity index (χ3v) is 3.17. The molecule has 1 aliphatic rings. The Kier molecular flexibility index (Phi) is 4.74. The van der Waals surface area contributed by atoms with Crippen molar-refractivity contribution in [2.75, 3.05) is 30.7 Å². The molecular formula is C13H15ClFNO3. The summed E-state index contributed by atoms with van der Waals surface area (Å²) in [6.07, 6.45) is -0.184.